The number of carbonyl (C=O) groups excluding carboxylic acids is 1. The lowest BCUT2D eigenvalue weighted by molar-refractivity contribution is -0.120. The topological polar surface area (TPSA) is 29.1 Å². The molecule has 1 atom stereocenters. The molecule has 0 saturated heterocycles. The van der Waals surface area contributed by atoms with Crippen molar-refractivity contribution >= 4 is 5.91 Å². The minimum atomic E-state index is -0.131. The molecule has 1 aliphatic carbocycles. The fraction of sp³-hybridized carbons (Fsp3) is 0.750. The van der Waals surface area contributed by atoms with Crippen molar-refractivity contribution < 1.29 is 4.79 Å². The molecule has 1 N–H and O–H groups in total. The summed E-state index contributed by atoms with van der Waals surface area (Å²) in [5, 5.41) is 2.89. The van der Waals surface area contributed by atoms with Gasteiger partial charge in [0.1, 0.15) is 0 Å². The molecule has 78 valence electrons. The number of carbonyl (C=O) groups is 1. The van der Waals surface area contributed by atoms with Crippen LogP contribution in [0.1, 0.15) is 40.5 Å². The standard InChI is InChI=1S/C12H19NO/c1-9(13-10(2)14)12(3,4)8-7-11-5-6-11/h9,11H,5-6H2,1-4H3,(H,13,14). The summed E-state index contributed by atoms with van der Waals surface area (Å²) in [5.41, 5.74) is -0.131. The van der Waals surface area contributed by atoms with E-state index in [-0.39, 0.29) is 17.4 Å². The Morgan fingerprint density at radius 3 is 2.50 bits per heavy atom. The van der Waals surface area contributed by atoms with Crippen LogP contribution in [0.5, 0.6) is 0 Å². The Balaban J connectivity index is 2.54. The summed E-state index contributed by atoms with van der Waals surface area (Å²) in [4.78, 5) is 10.9. The van der Waals surface area contributed by atoms with Crippen LogP contribution >= 0.6 is 0 Å². The Kier molecular flexibility index (Phi) is 3.21. The maximum Gasteiger partial charge on any atom is 0.217 e. The SMILES string of the molecule is CC(=O)NC(C)C(C)(C)C#CC1CC1. The molecule has 14 heavy (non-hydrogen) atoms. The second kappa shape index (κ2) is 4.04. The van der Waals surface area contributed by atoms with E-state index in [2.05, 4.69) is 31.0 Å². The first-order valence-corrected chi connectivity index (χ1v) is 5.21. The predicted molar refractivity (Wildman–Crippen MR) is 57.6 cm³/mol. The van der Waals surface area contributed by atoms with Crippen molar-refractivity contribution in [2.75, 3.05) is 0 Å². The summed E-state index contributed by atoms with van der Waals surface area (Å²) in [5.74, 6) is 7.15. The number of rotatable bonds is 2. The predicted octanol–water partition coefficient (Wildman–Crippen LogP) is 1.95. The molecule has 1 fully saturated rings. The van der Waals surface area contributed by atoms with Crippen LogP contribution in [-0.2, 0) is 4.79 Å². The summed E-state index contributed by atoms with van der Waals surface area (Å²) in [6, 6.07) is 0.103. The zero-order chi connectivity index (χ0) is 10.8. The normalized spacial score (nSPS) is 18.0. The van der Waals surface area contributed by atoms with E-state index >= 15 is 0 Å². The van der Waals surface area contributed by atoms with E-state index < -0.39 is 0 Å². The first-order valence-electron chi connectivity index (χ1n) is 5.21. The maximum absolute atomic E-state index is 10.9. The molecular formula is C12H19NO. The van der Waals surface area contributed by atoms with Crippen molar-refractivity contribution in [3.8, 4) is 11.8 Å². The average molecular weight is 193 g/mol. The smallest absolute Gasteiger partial charge is 0.217 e. The monoisotopic (exact) mass is 193 g/mol. The molecule has 1 aliphatic rings. The quantitative estimate of drug-likeness (QED) is 0.667. The fourth-order valence-electron chi connectivity index (χ4n) is 1.11. The van der Waals surface area contributed by atoms with E-state index in [0.717, 1.165) is 0 Å². The van der Waals surface area contributed by atoms with Gasteiger partial charge >= 0.3 is 0 Å². The Morgan fingerprint density at radius 1 is 1.50 bits per heavy atom. The fourth-order valence-corrected chi connectivity index (χ4v) is 1.11. The lowest BCUT2D eigenvalue weighted by atomic mass is 9.86. The van der Waals surface area contributed by atoms with Crippen LogP contribution in [0.25, 0.3) is 0 Å². The molecule has 0 aromatic carbocycles. The van der Waals surface area contributed by atoms with Crippen molar-refractivity contribution in [1.82, 2.24) is 5.32 Å². The van der Waals surface area contributed by atoms with Gasteiger partial charge in [-0.2, -0.15) is 0 Å². The number of amides is 1. The molecule has 0 aliphatic heterocycles. The van der Waals surface area contributed by atoms with Crippen LogP contribution in [-0.4, -0.2) is 11.9 Å². The molecule has 1 saturated carbocycles. The van der Waals surface area contributed by atoms with Crippen LogP contribution in [0.2, 0.25) is 0 Å². The number of hydrogen-bond acceptors (Lipinski definition) is 1. The van der Waals surface area contributed by atoms with E-state index in [4.69, 9.17) is 0 Å². The van der Waals surface area contributed by atoms with Crippen LogP contribution in [0.15, 0.2) is 0 Å². The zero-order valence-electron chi connectivity index (χ0n) is 9.48. The highest BCUT2D eigenvalue weighted by atomic mass is 16.1. The summed E-state index contributed by atoms with van der Waals surface area (Å²) in [7, 11) is 0. The Labute approximate surface area is 86.5 Å². The maximum atomic E-state index is 10.9. The number of hydrogen-bond donors (Lipinski definition) is 1. The molecule has 0 bridgehead atoms. The van der Waals surface area contributed by atoms with Crippen molar-refractivity contribution in [3.05, 3.63) is 0 Å². The van der Waals surface area contributed by atoms with Crippen molar-refractivity contribution in [1.29, 1.82) is 0 Å². The molecule has 2 heteroatoms. The van der Waals surface area contributed by atoms with Crippen LogP contribution < -0.4 is 5.32 Å². The second-order valence-electron chi connectivity index (χ2n) is 4.69. The molecule has 1 unspecified atom stereocenters. The zero-order valence-corrected chi connectivity index (χ0v) is 9.48. The highest BCUT2D eigenvalue weighted by Crippen LogP contribution is 2.29. The third-order valence-electron chi connectivity index (χ3n) is 2.68. The van der Waals surface area contributed by atoms with Crippen LogP contribution in [0.4, 0.5) is 0 Å². The molecule has 0 aromatic rings. The molecule has 2 nitrogen and oxygen atoms in total. The van der Waals surface area contributed by atoms with Gasteiger partial charge in [0.05, 0.1) is 0 Å². The number of nitrogens with one attached hydrogen (secondary N) is 1. The molecule has 0 radical (unpaired) electrons. The van der Waals surface area contributed by atoms with Gasteiger partial charge in [-0.15, -0.1) is 0 Å². The Bertz CT molecular complexity index is 278. The van der Waals surface area contributed by atoms with Gasteiger partial charge in [-0.1, -0.05) is 11.8 Å². The second-order valence-corrected chi connectivity index (χ2v) is 4.69. The lowest BCUT2D eigenvalue weighted by Gasteiger charge is -2.26. The van der Waals surface area contributed by atoms with Crippen LogP contribution in [0.3, 0.4) is 0 Å². The van der Waals surface area contributed by atoms with Crippen molar-refractivity contribution in [2.24, 2.45) is 11.3 Å². The minimum absolute atomic E-state index is 0.0128. The van der Waals surface area contributed by atoms with Gasteiger partial charge in [0.15, 0.2) is 0 Å². The van der Waals surface area contributed by atoms with E-state index in [1.165, 1.54) is 12.8 Å². The van der Waals surface area contributed by atoms with Gasteiger partial charge in [0.25, 0.3) is 0 Å². The van der Waals surface area contributed by atoms with E-state index in [1.54, 1.807) is 6.92 Å². The van der Waals surface area contributed by atoms with E-state index in [0.29, 0.717) is 5.92 Å². The third kappa shape index (κ3) is 3.41. The average Bonchev–Trinajstić information content (AvgIpc) is 2.82. The first kappa shape index (κ1) is 11.1. The van der Waals surface area contributed by atoms with Crippen molar-refractivity contribution in [2.45, 2.75) is 46.6 Å². The van der Waals surface area contributed by atoms with Crippen molar-refractivity contribution in [3.63, 3.8) is 0 Å². The van der Waals surface area contributed by atoms with Gasteiger partial charge in [0, 0.05) is 24.3 Å². The summed E-state index contributed by atoms with van der Waals surface area (Å²) in [6.07, 6.45) is 2.50. The highest BCUT2D eigenvalue weighted by molar-refractivity contribution is 5.73. The lowest BCUT2D eigenvalue weighted by Crippen LogP contribution is -2.41. The van der Waals surface area contributed by atoms with Gasteiger partial charge < -0.3 is 5.32 Å². The minimum Gasteiger partial charge on any atom is -0.352 e. The summed E-state index contributed by atoms with van der Waals surface area (Å²) >= 11 is 0. The van der Waals surface area contributed by atoms with Gasteiger partial charge in [0.2, 0.25) is 5.91 Å². The largest absolute Gasteiger partial charge is 0.352 e. The Morgan fingerprint density at radius 2 is 2.07 bits per heavy atom. The van der Waals surface area contributed by atoms with E-state index in [9.17, 15) is 4.79 Å². The highest BCUT2D eigenvalue weighted by Gasteiger charge is 2.25. The molecular weight excluding hydrogens is 174 g/mol. The van der Waals surface area contributed by atoms with E-state index in [1.807, 2.05) is 6.92 Å². The van der Waals surface area contributed by atoms with Gasteiger partial charge in [-0.25, -0.2) is 0 Å². The molecule has 0 heterocycles. The van der Waals surface area contributed by atoms with Gasteiger partial charge in [-0.05, 0) is 33.6 Å². The molecule has 1 amide bonds. The van der Waals surface area contributed by atoms with Crippen LogP contribution in [0, 0.1) is 23.2 Å². The molecule has 1 rings (SSSR count). The Hall–Kier alpha value is -0.970. The third-order valence-corrected chi connectivity index (χ3v) is 2.68. The molecule has 0 aromatic heterocycles. The summed E-state index contributed by atoms with van der Waals surface area (Å²) < 4.78 is 0. The summed E-state index contributed by atoms with van der Waals surface area (Å²) in [6.45, 7) is 7.69. The first-order chi connectivity index (χ1) is 6.42. The molecule has 0 spiro atoms. The van der Waals surface area contributed by atoms with Gasteiger partial charge in [-0.3, -0.25) is 4.79 Å².